The van der Waals surface area contributed by atoms with Gasteiger partial charge in [0.25, 0.3) is 11.8 Å². The Morgan fingerprint density at radius 1 is 1.04 bits per heavy atom. The highest BCUT2D eigenvalue weighted by Crippen LogP contribution is 2.13. The number of amides is 2. The molecule has 2 N–H and O–H groups in total. The molecule has 1 unspecified atom stereocenters. The minimum atomic E-state index is -0.616. The smallest absolute Gasteiger partial charge is 0.257 e. The summed E-state index contributed by atoms with van der Waals surface area (Å²) in [5.74, 6) is -1.19. The van der Waals surface area contributed by atoms with Crippen LogP contribution in [0.4, 0.5) is 4.39 Å². The van der Waals surface area contributed by atoms with Gasteiger partial charge in [-0.25, -0.2) is 4.39 Å². The van der Waals surface area contributed by atoms with E-state index in [1.807, 2.05) is 13.8 Å². The summed E-state index contributed by atoms with van der Waals surface area (Å²) >= 11 is 0. The van der Waals surface area contributed by atoms with E-state index in [0.717, 1.165) is 0 Å². The first-order valence-electron chi connectivity index (χ1n) is 9.31. The summed E-state index contributed by atoms with van der Waals surface area (Å²) in [5.41, 5.74) is -0.0742. The van der Waals surface area contributed by atoms with Crippen molar-refractivity contribution in [3.63, 3.8) is 0 Å². The van der Waals surface area contributed by atoms with E-state index in [4.69, 9.17) is 0 Å². The Labute approximate surface area is 163 Å². The molecule has 1 aromatic carbocycles. The molecule has 28 heavy (non-hydrogen) atoms. The average molecular weight is 387 g/mol. The van der Waals surface area contributed by atoms with E-state index < -0.39 is 23.3 Å². The second-order valence-corrected chi connectivity index (χ2v) is 7.11. The fourth-order valence-corrected chi connectivity index (χ4v) is 2.85. The van der Waals surface area contributed by atoms with Crippen LogP contribution < -0.4 is 16.1 Å². The van der Waals surface area contributed by atoms with Gasteiger partial charge in [0, 0.05) is 25.5 Å². The molecule has 0 bridgehead atoms. The molecule has 2 aromatic rings. The van der Waals surface area contributed by atoms with Gasteiger partial charge in [-0.15, -0.1) is 0 Å². The van der Waals surface area contributed by atoms with Gasteiger partial charge >= 0.3 is 0 Å². The molecule has 6 nitrogen and oxygen atoms in total. The van der Waals surface area contributed by atoms with Crippen LogP contribution in [-0.2, 0) is 6.54 Å². The lowest BCUT2D eigenvalue weighted by atomic mass is 10.1. The number of aromatic nitrogens is 1. The molecule has 0 spiro atoms. The molecule has 1 atom stereocenters. The Balaban J connectivity index is 2.37. The Hall–Kier alpha value is -2.96. The summed E-state index contributed by atoms with van der Waals surface area (Å²) in [4.78, 5) is 37.8. The van der Waals surface area contributed by atoms with Crippen LogP contribution in [0.25, 0.3) is 0 Å². The van der Waals surface area contributed by atoms with Crippen LogP contribution in [0, 0.1) is 11.7 Å². The van der Waals surface area contributed by atoms with Crippen molar-refractivity contribution in [3.8, 4) is 0 Å². The molecular formula is C21H26FN3O3. The maximum Gasteiger partial charge on any atom is 0.257 e. The second-order valence-electron chi connectivity index (χ2n) is 7.11. The largest absolute Gasteiger partial charge is 0.352 e. The molecule has 0 saturated carbocycles. The number of carbonyl (C=O) groups excluding carboxylic acids is 2. The fraction of sp³-hybridized carbons (Fsp3) is 0.381. The third-order valence-corrected chi connectivity index (χ3v) is 4.20. The van der Waals surface area contributed by atoms with Crippen molar-refractivity contribution >= 4 is 11.8 Å². The van der Waals surface area contributed by atoms with E-state index >= 15 is 0 Å². The zero-order valence-corrected chi connectivity index (χ0v) is 16.6. The number of halogens is 1. The predicted molar refractivity (Wildman–Crippen MR) is 106 cm³/mol. The number of pyridine rings is 1. The van der Waals surface area contributed by atoms with Crippen LogP contribution in [0.2, 0.25) is 0 Å². The summed E-state index contributed by atoms with van der Waals surface area (Å²) in [7, 11) is 0. The lowest BCUT2D eigenvalue weighted by Crippen LogP contribution is -2.36. The third-order valence-electron chi connectivity index (χ3n) is 4.20. The summed E-state index contributed by atoms with van der Waals surface area (Å²) in [6.45, 7) is 8.43. The molecule has 0 aliphatic rings. The number of benzene rings is 1. The molecule has 0 radical (unpaired) electrons. The quantitative estimate of drug-likeness (QED) is 0.767. The van der Waals surface area contributed by atoms with Crippen molar-refractivity contribution in [1.82, 2.24) is 15.2 Å². The van der Waals surface area contributed by atoms with Gasteiger partial charge in [-0.2, -0.15) is 0 Å². The molecule has 0 fully saturated rings. The summed E-state index contributed by atoms with van der Waals surface area (Å²) < 4.78 is 14.8. The highest BCUT2D eigenvalue weighted by molar-refractivity contribution is 5.99. The predicted octanol–water partition coefficient (Wildman–Crippen LogP) is 2.88. The Kier molecular flexibility index (Phi) is 7.09. The molecule has 0 aliphatic carbocycles. The third kappa shape index (κ3) is 5.28. The lowest BCUT2D eigenvalue weighted by molar-refractivity contribution is 0.0937. The number of carbonyl (C=O) groups is 2. The van der Waals surface area contributed by atoms with Crippen molar-refractivity contribution in [3.05, 3.63) is 69.4 Å². The SMILES string of the molecule is CCNC(=O)c1cn(CC(C)C)cc(C(=O)NC(C)c2ccc(F)cc2)c1=O. The van der Waals surface area contributed by atoms with Gasteiger partial charge in [-0.1, -0.05) is 26.0 Å². The second kappa shape index (κ2) is 9.30. The van der Waals surface area contributed by atoms with Crippen LogP contribution >= 0.6 is 0 Å². The molecular weight excluding hydrogens is 361 g/mol. The van der Waals surface area contributed by atoms with Gasteiger partial charge in [0.2, 0.25) is 5.43 Å². The molecule has 2 amide bonds. The number of nitrogens with one attached hydrogen (secondary N) is 2. The van der Waals surface area contributed by atoms with Crippen molar-refractivity contribution in [1.29, 1.82) is 0 Å². The van der Waals surface area contributed by atoms with Crippen LogP contribution in [0.15, 0.2) is 41.5 Å². The molecule has 7 heteroatoms. The number of rotatable bonds is 7. The first-order chi connectivity index (χ1) is 13.2. The van der Waals surface area contributed by atoms with Gasteiger partial charge < -0.3 is 15.2 Å². The maximum atomic E-state index is 13.1. The van der Waals surface area contributed by atoms with E-state index in [9.17, 15) is 18.8 Å². The first kappa shape index (κ1) is 21.3. The van der Waals surface area contributed by atoms with E-state index in [1.54, 1.807) is 30.5 Å². The van der Waals surface area contributed by atoms with Gasteiger partial charge in [0.05, 0.1) is 6.04 Å². The van der Waals surface area contributed by atoms with Gasteiger partial charge in [-0.3, -0.25) is 14.4 Å². The molecule has 0 aliphatic heterocycles. The first-order valence-corrected chi connectivity index (χ1v) is 9.31. The van der Waals surface area contributed by atoms with Crippen LogP contribution in [0.3, 0.4) is 0 Å². The Bertz CT molecular complexity index is 904. The zero-order chi connectivity index (χ0) is 20.8. The molecule has 0 saturated heterocycles. The van der Waals surface area contributed by atoms with E-state index in [0.29, 0.717) is 18.7 Å². The Morgan fingerprint density at radius 3 is 2.14 bits per heavy atom. The van der Waals surface area contributed by atoms with Gasteiger partial charge in [0.1, 0.15) is 16.9 Å². The minimum absolute atomic E-state index is 0.0652. The number of hydrogen-bond donors (Lipinski definition) is 2. The van der Waals surface area contributed by atoms with Gasteiger partial charge in [0.15, 0.2) is 0 Å². The molecule has 2 rings (SSSR count). The van der Waals surface area contributed by atoms with Crippen molar-refractivity contribution < 1.29 is 14.0 Å². The van der Waals surface area contributed by atoms with Crippen LogP contribution in [0.1, 0.15) is 60.0 Å². The van der Waals surface area contributed by atoms with E-state index in [1.165, 1.54) is 24.5 Å². The zero-order valence-electron chi connectivity index (χ0n) is 16.6. The maximum absolute atomic E-state index is 13.1. The fourth-order valence-electron chi connectivity index (χ4n) is 2.85. The molecule has 1 aromatic heterocycles. The van der Waals surface area contributed by atoms with Gasteiger partial charge in [-0.05, 0) is 37.5 Å². The number of hydrogen-bond acceptors (Lipinski definition) is 3. The summed E-state index contributed by atoms with van der Waals surface area (Å²) in [6, 6.07) is 5.33. The van der Waals surface area contributed by atoms with Crippen LogP contribution in [-0.4, -0.2) is 22.9 Å². The normalized spacial score (nSPS) is 11.9. The summed E-state index contributed by atoms with van der Waals surface area (Å²) in [6.07, 6.45) is 2.95. The highest BCUT2D eigenvalue weighted by atomic mass is 19.1. The van der Waals surface area contributed by atoms with E-state index in [2.05, 4.69) is 10.6 Å². The summed E-state index contributed by atoms with van der Waals surface area (Å²) in [5, 5.41) is 5.35. The van der Waals surface area contributed by atoms with Crippen LogP contribution in [0.5, 0.6) is 0 Å². The highest BCUT2D eigenvalue weighted by Gasteiger charge is 2.20. The van der Waals surface area contributed by atoms with Crippen molar-refractivity contribution in [2.24, 2.45) is 5.92 Å². The van der Waals surface area contributed by atoms with Crippen molar-refractivity contribution in [2.75, 3.05) is 6.54 Å². The molecule has 1 heterocycles. The minimum Gasteiger partial charge on any atom is -0.352 e. The topological polar surface area (TPSA) is 80.2 Å². The monoisotopic (exact) mass is 387 g/mol. The van der Waals surface area contributed by atoms with Crippen molar-refractivity contribution in [2.45, 2.75) is 40.3 Å². The average Bonchev–Trinajstić information content (AvgIpc) is 2.63. The standard InChI is InChI=1S/C21H26FN3O3/c1-5-23-20(27)17-11-25(10-13(2)3)12-18(19(17)26)21(28)24-14(4)15-6-8-16(22)9-7-15/h6-9,11-14H,5,10H2,1-4H3,(H,23,27)(H,24,28). The number of nitrogens with zero attached hydrogens (tertiary/aromatic N) is 1. The molecule has 150 valence electrons. The van der Waals surface area contributed by atoms with E-state index in [-0.39, 0.29) is 22.9 Å². The Morgan fingerprint density at radius 2 is 1.61 bits per heavy atom. The lowest BCUT2D eigenvalue weighted by Gasteiger charge is -2.17.